The summed E-state index contributed by atoms with van der Waals surface area (Å²) in [7, 11) is 0. The van der Waals surface area contributed by atoms with E-state index < -0.39 is 29.1 Å². The van der Waals surface area contributed by atoms with Gasteiger partial charge in [0.1, 0.15) is 17.2 Å². The van der Waals surface area contributed by atoms with Crippen LogP contribution in [-0.4, -0.2) is 91.7 Å². The highest BCUT2D eigenvalue weighted by Gasteiger charge is 2.32. The lowest BCUT2D eigenvalue weighted by atomic mass is 9.90. The Bertz CT molecular complexity index is 1030. The molecule has 2 N–H and O–H groups in total. The van der Waals surface area contributed by atoms with Crippen LogP contribution in [0, 0.1) is 11.6 Å². The fraction of sp³-hybridized carbons (Fsp3) is 0.667. The molecule has 3 aliphatic rings. The number of halogens is 2. The van der Waals surface area contributed by atoms with Crippen LogP contribution in [0.1, 0.15) is 57.9 Å². The van der Waals surface area contributed by atoms with Crippen molar-refractivity contribution in [2.45, 2.75) is 64.0 Å². The molecule has 1 aromatic rings. The van der Waals surface area contributed by atoms with Crippen LogP contribution in [0.15, 0.2) is 12.1 Å². The van der Waals surface area contributed by atoms with Gasteiger partial charge in [-0.05, 0) is 46.1 Å². The number of anilines is 1. The van der Waals surface area contributed by atoms with Crippen molar-refractivity contribution in [1.29, 1.82) is 0 Å². The van der Waals surface area contributed by atoms with Crippen LogP contribution < -0.4 is 15.5 Å². The maximum absolute atomic E-state index is 15.0. The molecule has 3 amide bonds. The summed E-state index contributed by atoms with van der Waals surface area (Å²) in [6.45, 7) is 11.8. The maximum atomic E-state index is 15.0. The highest BCUT2D eigenvalue weighted by molar-refractivity contribution is 6.01. The van der Waals surface area contributed by atoms with Crippen molar-refractivity contribution in [2.75, 3.05) is 57.3 Å². The summed E-state index contributed by atoms with van der Waals surface area (Å²) in [6, 6.07) is 2.42. The van der Waals surface area contributed by atoms with Crippen molar-refractivity contribution in [3.8, 4) is 0 Å². The highest BCUT2D eigenvalue weighted by Crippen LogP contribution is 2.32. The Morgan fingerprint density at radius 3 is 2.21 bits per heavy atom. The Kier molecular flexibility index (Phi) is 8.87. The van der Waals surface area contributed by atoms with Crippen LogP contribution in [0.3, 0.4) is 0 Å². The number of nitrogens with one attached hydrogen (secondary N) is 2. The highest BCUT2D eigenvalue weighted by atomic mass is 19.1. The largest absolute Gasteiger partial charge is 0.444 e. The van der Waals surface area contributed by atoms with Gasteiger partial charge in [-0.25, -0.2) is 13.6 Å². The zero-order chi connectivity index (χ0) is 27.4. The molecule has 0 bridgehead atoms. The number of ether oxygens (including phenoxy) is 1. The monoisotopic (exact) mass is 535 g/mol. The molecule has 1 atom stereocenters. The summed E-state index contributed by atoms with van der Waals surface area (Å²) in [4.78, 5) is 42.0. The van der Waals surface area contributed by atoms with Crippen LogP contribution in [0.5, 0.6) is 0 Å². The van der Waals surface area contributed by atoms with E-state index in [4.69, 9.17) is 4.74 Å². The van der Waals surface area contributed by atoms with Crippen molar-refractivity contribution in [3.63, 3.8) is 0 Å². The number of hydrogen-bond donors (Lipinski definition) is 2. The number of piperidine rings is 2. The van der Waals surface area contributed by atoms with Gasteiger partial charge >= 0.3 is 6.09 Å². The van der Waals surface area contributed by atoms with E-state index >= 15 is 0 Å². The third-order valence-corrected chi connectivity index (χ3v) is 7.43. The molecular weight excluding hydrogens is 496 g/mol. The van der Waals surface area contributed by atoms with E-state index in [-0.39, 0.29) is 42.1 Å². The van der Waals surface area contributed by atoms with Gasteiger partial charge in [-0.15, -0.1) is 0 Å². The predicted molar refractivity (Wildman–Crippen MR) is 139 cm³/mol. The molecule has 1 unspecified atom stereocenters. The summed E-state index contributed by atoms with van der Waals surface area (Å²) >= 11 is 0. The molecule has 3 fully saturated rings. The first kappa shape index (κ1) is 28.2. The molecule has 0 aromatic heterocycles. The van der Waals surface area contributed by atoms with Gasteiger partial charge in [0.15, 0.2) is 0 Å². The third kappa shape index (κ3) is 7.41. The molecule has 0 radical (unpaired) electrons. The van der Waals surface area contributed by atoms with E-state index in [1.165, 1.54) is 6.07 Å². The van der Waals surface area contributed by atoms with Gasteiger partial charge in [0.25, 0.3) is 0 Å². The molecule has 38 heavy (non-hydrogen) atoms. The number of piperazine rings is 1. The van der Waals surface area contributed by atoms with Gasteiger partial charge in [0.2, 0.25) is 11.8 Å². The molecule has 3 aliphatic heterocycles. The number of nitrogens with zero attached hydrogens (tertiary/aromatic N) is 3. The first-order valence-corrected chi connectivity index (χ1v) is 13.5. The molecule has 4 rings (SSSR count). The number of rotatable bonds is 6. The van der Waals surface area contributed by atoms with Gasteiger partial charge in [0, 0.05) is 76.5 Å². The van der Waals surface area contributed by atoms with E-state index in [0.717, 1.165) is 58.2 Å². The molecule has 3 heterocycles. The molecule has 210 valence electrons. The second kappa shape index (κ2) is 11.9. The number of benzene rings is 1. The minimum Gasteiger partial charge on any atom is -0.444 e. The standard InChI is InChI=1S/C27H39F2N5O4/c1-27(2,3)38-26(37)30-18-6-8-32(9-7-18)10-11-33-12-14-34(15-13-33)23-17-21(28)20(16-22(23)29)19-4-5-24(35)31-25(19)36/h16-19H,4-15H2,1-3H3,(H,30,37)(H,31,35,36). The minimum atomic E-state index is -0.855. The van der Waals surface area contributed by atoms with Crippen LogP contribution in [0.4, 0.5) is 19.3 Å². The zero-order valence-electron chi connectivity index (χ0n) is 22.5. The van der Waals surface area contributed by atoms with Crippen LogP contribution in [0.2, 0.25) is 0 Å². The van der Waals surface area contributed by atoms with Gasteiger partial charge in [-0.3, -0.25) is 19.8 Å². The number of carbonyl (C=O) groups excluding carboxylic acids is 3. The summed E-state index contributed by atoms with van der Waals surface area (Å²) < 4.78 is 35.2. The molecular formula is C27H39F2N5O4. The molecule has 11 heteroatoms. The lowest BCUT2D eigenvalue weighted by molar-refractivity contribution is -0.134. The Labute approximate surface area is 222 Å². The third-order valence-electron chi connectivity index (χ3n) is 7.43. The van der Waals surface area contributed by atoms with Gasteiger partial charge in [-0.1, -0.05) is 0 Å². The van der Waals surface area contributed by atoms with Crippen LogP contribution >= 0.6 is 0 Å². The number of carbonyl (C=O) groups is 3. The van der Waals surface area contributed by atoms with Crippen LogP contribution in [-0.2, 0) is 14.3 Å². The Morgan fingerprint density at radius 1 is 0.974 bits per heavy atom. The Balaban J connectivity index is 1.20. The first-order valence-electron chi connectivity index (χ1n) is 13.5. The summed E-state index contributed by atoms with van der Waals surface area (Å²) in [6.07, 6.45) is 1.69. The Hall–Kier alpha value is -2.79. The van der Waals surface area contributed by atoms with E-state index in [0.29, 0.717) is 13.1 Å². The second-order valence-electron chi connectivity index (χ2n) is 11.4. The summed E-state index contributed by atoms with van der Waals surface area (Å²) in [5, 5.41) is 5.16. The Morgan fingerprint density at radius 2 is 1.61 bits per heavy atom. The van der Waals surface area contributed by atoms with Crippen molar-refractivity contribution in [3.05, 3.63) is 29.3 Å². The predicted octanol–water partition coefficient (Wildman–Crippen LogP) is 2.60. The van der Waals surface area contributed by atoms with E-state index in [1.807, 2.05) is 25.7 Å². The fourth-order valence-electron chi connectivity index (χ4n) is 5.32. The van der Waals surface area contributed by atoms with E-state index in [2.05, 4.69) is 20.4 Å². The maximum Gasteiger partial charge on any atom is 0.407 e. The van der Waals surface area contributed by atoms with Crippen molar-refractivity contribution >= 4 is 23.6 Å². The van der Waals surface area contributed by atoms with Crippen molar-refractivity contribution in [2.24, 2.45) is 0 Å². The smallest absolute Gasteiger partial charge is 0.407 e. The molecule has 3 saturated heterocycles. The summed E-state index contributed by atoms with van der Waals surface area (Å²) in [5.41, 5.74) is -0.300. The molecule has 0 aliphatic carbocycles. The fourth-order valence-corrected chi connectivity index (χ4v) is 5.32. The normalized spacial score (nSPS) is 22.3. The van der Waals surface area contributed by atoms with E-state index in [1.54, 1.807) is 0 Å². The molecule has 1 aromatic carbocycles. The lowest BCUT2D eigenvalue weighted by Gasteiger charge is -2.38. The average molecular weight is 536 g/mol. The second-order valence-corrected chi connectivity index (χ2v) is 11.4. The average Bonchev–Trinajstić information content (AvgIpc) is 2.84. The number of imide groups is 1. The number of amides is 3. The van der Waals surface area contributed by atoms with E-state index in [9.17, 15) is 23.2 Å². The molecule has 9 nitrogen and oxygen atoms in total. The number of alkyl carbamates (subject to hydrolysis) is 1. The molecule has 0 saturated carbocycles. The topological polar surface area (TPSA) is 94.2 Å². The summed E-state index contributed by atoms with van der Waals surface area (Å²) in [5.74, 6) is -3.00. The lowest BCUT2D eigenvalue weighted by Crippen LogP contribution is -2.50. The number of likely N-dealkylation sites (tertiary alicyclic amines) is 1. The van der Waals surface area contributed by atoms with Crippen molar-refractivity contribution < 1.29 is 27.9 Å². The zero-order valence-corrected chi connectivity index (χ0v) is 22.5. The number of hydrogen-bond acceptors (Lipinski definition) is 7. The minimum absolute atomic E-state index is 0.0000453. The van der Waals surface area contributed by atoms with Crippen LogP contribution in [0.25, 0.3) is 0 Å². The molecule has 0 spiro atoms. The SMILES string of the molecule is CC(C)(C)OC(=O)NC1CCN(CCN2CCN(c3cc(F)c(C4CCC(=O)NC4=O)cc3F)CC2)CC1. The first-order chi connectivity index (χ1) is 18.0. The van der Waals surface area contributed by atoms with Gasteiger partial charge in [0.05, 0.1) is 11.6 Å². The van der Waals surface area contributed by atoms with Crippen molar-refractivity contribution in [1.82, 2.24) is 20.4 Å². The van der Waals surface area contributed by atoms with Gasteiger partial charge < -0.3 is 19.9 Å². The quantitative estimate of drug-likeness (QED) is 0.541. The van der Waals surface area contributed by atoms with Gasteiger partial charge in [-0.2, -0.15) is 0 Å².